The summed E-state index contributed by atoms with van der Waals surface area (Å²) in [6.07, 6.45) is 1.57. The summed E-state index contributed by atoms with van der Waals surface area (Å²) in [5, 5.41) is 2.98. The Bertz CT molecular complexity index is 516. The minimum absolute atomic E-state index is 0.00552. The van der Waals surface area contributed by atoms with Crippen LogP contribution >= 0.6 is 12.2 Å². The predicted molar refractivity (Wildman–Crippen MR) is 76.1 cm³/mol. The summed E-state index contributed by atoms with van der Waals surface area (Å²) in [7, 11) is -3.21. The number of thiocarbonyl (C=S) groups is 1. The number of aromatic nitrogens is 1. The van der Waals surface area contributed by atoms with Crippen molar-refractivity contribution in [2.45, 2.75) is 6.92 Å². The highest BCUT2D eigenvalue weighted by Crippen LogP contribution is 2.07. The average molecular weight is 288 g/mol. The number of hydrogen-bond acceptors (Lipinski definition) is 5. The maximum absolute atomic E-state index is 11.4. The van der Waals surface area contributed by atoms with Crippen molar-refractivity contribution in [1.82, 2.24) is 9.71 Å². The molecule has 0 fully saturated rings. The van der Waals surface area contributed by atoms with E-state index in [1.807, 2.05) is 0 Å². The van der Waals surface area contributed by atoms with Crippen LogP contribution in [0.15, 0.2) is 18.3 Å². The van der Waals surface area contributed by atoms with E-state index in [2.05, 4.69) is 15.0 Å². The number of pyridine rings is 1. The number of anilines is 1. The summed E-state index contributed by atoms with van der Waals surface area (Å²) in [6, 6.07) is 3.41. The monoisotopic (exact) mass is 288 g/mol. The Morgan fingerprint density at radius 3 is 2.89 bits per heavy atom. The van der Waals surface area contributed by atoms with E-state index in [1.54, 1.807) is 25.3 Å². The zero-order chi connectivity index (χ0) is 13.6. The minimum atomic E-state index is -3.21. The fourth-order valence-electron chi connectivity index (χ4n) is 1.30. The second-order valence-corrected chi connectivity index (χ2v) is 5.90. The Labute approximate surface area is 112 Å². The summed E-state index contributed by atoms with van der Waals surface area (Å²) in [5.41, 5.74) is 6.70. The van der Waals surface area contributed by atoms with Crippen LogP contribution in [-0.4, -0.2) is 37.2 Å². The Balaban J connectivity index is 2.54. The van der Waals surface area contributed by atoms with Crippen LogP contribution in [0.4, 0.5) is 5.69 Å². The maximum atomic E-state index is 11.4. The first kappa shape index (κ1) is 14.8. The molecule has 0 aliphatic carbocycles. The number of nitrogens with two attached hydrogens (primary N) is 1. The van der Waals surface area contributed by atoms with E-state index in [-0.39, 0.29) is 10.7 Å². The summed E-state index contributed by atoms with van der Waals surface area (Å²) in [4.78, 5) is 4.20. The van der Waals surface area contributed by atoms with Gasteiger partial charge >= 0.3 is 0 Å². The normalized spacial score (nSPS) is 11.2. The molecule has 1 heterocycles. The topological polar surface area (TPSA) is 97.1 Å². The number of nitrogens with zero attached hydrogens (tertiary/aromatic N) is 1. The minimum Gasteiger partial charge on any atom is -0.388 e. The molecule has 0 aliphatic heterocycles. The number of sulfonamides is 1. The molecular formula is C10H16N4O2S2. The van der Waals surface area contributed by atoms with Crippen molar-refractivity contribution in [3.8, 4) is 0 Å². The van der Waals surface area contributed by atoms with Gasteiger partial charge < -0.3 is 11.1 Å². The highest BCUT2D eigenvalue weighted by atomic mass is 32.2. The Kier molecular flexibility index (Phi) is 5.45. The van der Waals surface area contributed by atoms with Gasteiger partial charge in [0.05, 0.1) is 11.4 Å². The average Bonchev–Trinajstić information content (AvgIpc) is 2.29. The molecule has 1 rings (SSSR count). The van der Waals surface area contributed by atoms with Crippen LogP contribution in [-0.2, 0) is 10.0 Å². The van der Waals surface area contributed by atoms with Crippen LogP contribution in [0.1, 0.15) is 12.6 Å². The standard InChI is InChI=1S/C10H16N4O2S2/c1-2-14-18(15,16)6-5-12-8-3-4-13-9(7-8)10(11)17/h3-4,7,14H,2,5-6H2,1H3,(H2,11,17)(H,12,13). The van der Waals surface area contributed by atoms with Gasteiger partial charge in [-0.25, -0.2) is 13.1 Å². The van der Waals surface area contributed by atoms with Gasteiger partial charge in [0.2, 0.25) is 10.0 Å². The van der Waals surface area contributed by atoms with E-state index in [0.29, 0.717) is 18.8 Å². The lowest BCUT2D eigenvalue weighted by Crippen LogP contribution is -2.29. The van der Waals surface area contributed by atoms with Gasteiger partial charge in [0.1, 0.15) is 4.99 Å². The summed E-state index contributed by atoms with van der Waals surface area (Å²) >= 11 is 4.81. The van der Waals surface area contributed by atoms with E-state index in [4.69, 9.17) is 18.0 Å². The molecule has 0 atom stereocenters. The molecular weight excluding hydrogens is 272 g/mol. The van der Waals surface area contributed by atoms with Gasteiger partial charge in [0.15, 0.2) is 0 Å². The summed E-state index contributed by atoms with van der Waals surface area (Å²) in [6.45, 7) is 2.43. The van der Waals surface area contributed by atoms with Crippen molar-refractivity contribution in [2.24, 2.45) is 5.73 Å². The van der Waals surface area contributed by atoms with Gasteiger partial charge in [0, 0.05) is 25.0 Å². The molecule has 100 valence electrons. The van der Waals surface area contributed by atoms with Crippen LogP contribution in [0.25, 0.3) is 0 Å². The molecule has 18 heavy (non-hydrogen) atoms. The number of hydrogen-bond donors (Lipinski definition) is 3. The van der Waals surface area contributed by atoms with E-state index in [1.165, 1.54) is 0 Å². The van der Waals surface area contributed by atoms with Crippen molar-refractivity contribution in [3.63, 3.8) is 0 Å². The Morgan fingerprint density at radius 1 is 1.56 bits per heavy atom. The summed E-state index contributed by atoms with van der Waals surface area (Å²) in [5.74, 6) is 0.00552. The lowest BCUT2D eigenvalue weighted by molar-refractivity contribution is 0.584. The zero-order valence-corrected chi connectivity index (χ0v) is 11.6. The second-order valence-electron chi connectivity index (χ2n) is 3.54. The molecule has 0 unspecified atom stereocenters. The van der Waals surface area contributed by atoms with E-state index >= 15 is 0 Å². The molecule has 8 heteroatoms. The second kappa shape index (κ2) is 6.62. The Morgan fingerprint density at radius 2 is 2.28 bits per heavy atom. The van der Waals surface area contributed by atoms with Gasteiger partial charge in [-0.2, -0.15) is 0 Å². The first-order valence-electron chi connectivity index (χ1n) is 5.41. The highest BCUT2D eigenvalue weighted by molar-refractivity contribution is 7.89. The van der Waals surface area contributed by atoms with Gasteiger partial charge in [-0.05, 0) is 12.1 Å². The van der Waals surface area contributed by atoms with Crippen LogP contribution in [0.2, 0.25) is 0 Å². The maximum Gasteiger partial charge on any atom is 0.213 e. The number of nitrogens with one attached hydrogen (secondary N) is 2. The molecule has 0 radical (unpaired) electrons. The molecule has 6 nitrogen and oxygen atoms in total. The molecule has 1 aromatic heterocycles. The van der Waals surface area contributed by atoms with Crippen LogP contribution < -0.4 is 15.8 Å². The molecule has 0 bridgehead atoms. The third-order valence-corrected chi connectivity index (χ3v) is 3.76. The van der Waals surface area contributed by atoms with Crippen molar-refractivity contribution < 1.29 is 8.42 Å². The molecule has 0 aromatic carbocycles. The molecule has 0 spiro atoms. The zero-order valence-electron chi connectivity index (χ0n) is 10.0. The SMILES string of the molecule is CCNS(=O)(=O)CCNc1ccnc(C(N)=S)c1. The van der Waals surface area contributed by atoms with Crippen LogP contribution in [0.5, 0.6) is 0 Å². The third-order valence-electron chi connectivity index (χ3n) is 2.08. The molecule has 0 amide bonds. The van der Waals surface area contributed by atoms with E-state index in [0.717, 1.165) is 5.69 Å². The fraction of sp³-hybridized carbons (Fsp3) is 0.400. The molecule has 1 aromatic rings. The lowest BCUT2D eigenvalue weighted by atomic mass is 10.3. The third kappa shape index (κ3) is 4.94. The van der Waals surface area contributed by atoms with E-state index in [9.17, 15) is 8.42 Å². The van der Waals surface area contributed by atoms with Crippen molar-refractivity contribution in [2.75, 3.05) is 24.2 Å². The molecule has 0 aliphatic rings. The van der Waals surface area contributed by atoms with Gasteiger partial charge in [0.25, 0.3) is 0 Å². The summed E-state index contributed by atoms with van der Waals surface area (Å²) < 4.78 is 25.2. The smallest absolute Gasteiger partial charge is 0.213 e. The Hall–Kier alpha value is -1.25. The van der Waals surface area contributed by atoms with Crippen molar-refractivity contribution in [3.05, 3.63) is 24.0 Å². The quantitative estimate of drug-likeness (QED) is 0.614. The first-order chi connectivity index (χ1) is 8.44. The van der Waals surface area contributed by atoms with E-state index < -0.39 is 10.0 Å². The number of rotatable bonds is 7. The van der Waals surface area contributed by atoms with Crippen molar-refractivity contribution in [1.29, 1.82) is 0 Å². The van der Waals surface area contributed by atoms with Gasteiger partial charge in [-0.1, -0.05) is 19.1 Å². The van der Waals surface area contributed by atoms with Crippen LogP contribution in [0, 0.1) is 0 Å². The van der Waals surface area contributed by atoms with Crippen molar-refractivity contribution >= 4 is 32.9 Å². The lowest BCUT2D eigenvalue weighted by Gasteiger charge is -2.08. The molecule has 0 saturated heterocycles. The molecule has 4 N–H and O–H groups in total. The van der Waals surface area contributed by atoms with Gasteiger partial charge in [-0.3, -0.25) is 4.98 Å². The predicted octanol–water partition coefficient (Wildman–Crippen LogP) is 0.0670. The van der Waals surface area contributed by atoms with Crippen LogP contribution in [0.3, 0.4) is 0 Å². The fourth-order valence-corrected chi connectivity index (χ4v) is 2.36. The first-order valence-corrected chi connectivity index (χ1v) is 7.47. The molecule has 0 saturated carbocycles. The van der Waals surface area contributed by atoms with Gasteiger partial charge in [-0.15, -0.1) is 0 Å². The highest BCUT2D eigenvalue weighted by Gasteiger charge is 2.07. The largest absolute Gasteiger partial charge is 0.388 e.